The first-order valence-electron chi connectivity index (χ1n) is 19.1. The van der Waals surface area contributed by atoms with Crippen LogP contribution < -0.4 is 14.1 Å². The molecular weight excluding hydrogens is 659 g/mol. The number of rotatable bonds is 0. The Balaban J connectivity index is 1.24. The van der Waals surface area contributed by atoms with Gasteiger partial charge in [0.15, 0.2) is 5.52 Å². The molecule has 250 valence electrons. The molecule has 15 rings (SSSR count). The minimum atomic E-state index is -0.677. The lowest BCUT2D eigenvalue weighted by molar-refractivity contribution is -0.993. The van der Waals surface area contributed by atoms with E-state index >= 15 is 0 Å². The molecule has 6 aromatic carbocycles. The van der Waals surface area contributed by atoms with Gasteiger partial charge in [-0.25, -0.2) is 0 Å². The van der Waals surface area contributed by atoms with Gasteiger partial charge in [0.2, 0.25) is 6.20 Å². The van der Waals surface area contributed by atoms with E-state index in [0.29, 0.717) is 0 Å². The molecule has 2 spiro atoms. The Kier molecular flexibility index (Phi) is 4.04. The Morgan fingerprint density at radius 2 is 1.20 bits per heavy atom. The number of nitrogens with zero attached hydrogens (tertiary/aromatic N) is 5. The molecule has 5 heteroatoms. The van der Waals surface area contributed by atoms with Crippen LogP contribution in [-0.2, 0) is 16.5 Å². The highest BCUT2D eigenvalue weighted by atomic mass is 15.5. The predicted octanol–water partition coefficient (Wildman–Crippen LogP) is 9.17. The van der Waals surface area contributed by atoms with Gasteiger partial charge in [0.05, 0.1) is 40.4 Å². The maximum atomic E-state index is 2.67. The van der Waals surface area contributed by atoms with E-state index in [1.807, 2.05) is 0 Å². The predicted molar refractivity (Wildman–Crippen MR) is 210 cm³/mol. The molecular formula is C49H31N5+2. The number of hydrogen-bond acceptors (Lipinski definition) is 1. The molecule has 9 aromatic rings. The van der Waals surface area contributed by atoms with Gasteiger partial charge in [-0.2, -0.15) is 9.13 Å². The van der Waals surface area contributed by atoms with Crippen molar-refractivity contribution in [1.29, 1.82) is 0 Å². The van der Waals surface area contributed by atoms with Crippen LogP contribution in [0.3, 0.4) is 0 Å². The summed E-state index contributed by atoms with van der Waals surface area (Å²) in [5.74, 6) is 1.25. The third kappa shape index (κ3) is 2.35. The topological polar surface area (TPSA) is 20.9 Å². The van der Waals surface area contributed by atoms with E-state index < -0.39 is 11.1 Å². The van der Waals surface area contributed by atoms with Gasteiger partial charge >= 0.3 is 5.66 Å². The van der Waals surface area contributed by atoms with Crippen molar-refractivity contribution in [3.05, 3.63) is 197 Å². The van der Waals surface area contributed by atoms with Crippen LogP contribution in [0.25, 0.3) is 44.4 Å². The SMILES string of the molecule is CC1(C)c2ccccc2N2c3ccc4c5cccc6c5n5c4c3C3(c4c(ccc1c42)-n1ccc[n+]13)[n+]1cccc(c1-5)C61c2ccccc2-c2ccccc21. The number of aromatic nitrogens is 4. The Morgan fingerprint density at radius 1 is 0.500 bits per heavy atom. The third-order valence-corrected chi connectivity index (χ3v) is 14.3. The molecule has 1 aliphatic carbocycles. The van der Waals surface area contributed by atoms with Crippen molar-refractivity contribution in [3.8, 4) is 22.6 Å². The molecule has 0 fully saturated rings. The van der Waals surface area contributed by atoms with Crippen LogP contribution in [0.1, 0.15) is 58.4 Å². The van der Waals surface area contributed by atoms with Crippen LogP contribution in [0, 0.1) is 0 Å². The van der Waals surface area contributed by atoms with Gasteiger partial charge in [-0.05, 0) is 75.8 Å². The molecule has 8 heterocycles. The third-order valence-electron chi connectivity index (χ3n) is 14.3. The minimum absolute atomic E-state index is 0.192. The van der Waals surface area contributed by atoms with Gasteiger partial charge in [0.1, 0.15) is 22.3 Å². The first-order chi connectivity index (χ1) is 26.6. The van der Waals surface area contributed by atoms with Crippen LogP contribution >= 0.6 is 0 Å². The number of fused-ring (bicyclic) bond motifs is 13. The zero-order chi connectivity index (χ0) is 35.0. The lowest BCUT2D eigenvalue weighted by atomic mass is 9.65. The fourth-order valence-corrected chi connectivity index (χ4v) is 12.5. The summed E-state index contributed by atoms with van der Waals surface area (Å²) in [6, 6.07) is 51.1. The number of hydrogen-bond donors (Lipinski definition) is 0. The Labute approximate surface area is 310 Å². The van der Waals surface area contributed by atoms with Gasteiger partial charge in [-0.15, -0.1) is 4.68 Å². The van der Waals surface area contributed by atoms with Crippen molar-refractivity contribution in [2.24, 2.45) is 0 Å². The van der Waals surface area contributed by atoms with E-state index in [2.05, 4.69) is 189 Å². The summed E-state index contributed by atoms with van der Waals surface area (Å²) in [5.41, 5.74) is 19.8. The second kappa shape index (κ2) is 8.09. The van der Waals surface area contributed by atoms with Crippen LogP contribution in [0.15, 0.2) is 152 Å². The summed E-state index contributed by atoms with van der Waals surface area (Å²) in [7, 11) is 0. The maximum absolute atomic E-state index is 2.67. The zero-order valence-corrected chi connectivity index (χ0v) is 29.7. The van der Waals surface area contributed by atoms with Gasteiger partial charge in [-0.3, -0.25) is 0 Å². The lowest BCUT2D eigenvalue weighted by Crippen LogP contribution is -2.77. The molecule has 54 heavy (non-hydrogen) atoms. The highest BCUT2D eigenvalue weighted by Crippen LogP contribution is 2.66. The molecule has 5 aliphatic heterocycles. The van der Waals surface area contributed by atoms with Crippen molar-refractivity contribution in [3.63, 3.8) is 0 Å². The van der Waals surface area contributed by atoms with Crippen LogP contribution in [0.5, 0.6) is 0 Å². The van der Waals surface area contributed by atoms with Crippen molar-refractivity contribution < 1.29 is 9.25 Å². The van der Waals surface area contributed by atoms with Gasteiger partial charge in [-0.1, -0.05) is 103 Å². The molecule has 0 saturated heterocycles. The van der Waals surface area contributed by atoms with E-state index in [9.17, 15) is 0 Å². The highest BCUT2D eigenvalue weighted by Gasteiger charge is 2.71. The molecule has 3 aromatic heterocycles. The fourth-order valence-electron chi connectivity index (χ4n) is 12.5. The smallest absolute Gasteiger partial charge is 0.308 e. The molecule has 5 nitrogen and oxygen atoms in total. The molecule has 0 N–H and O–H groups in total. The van der Waals surface area contributed by atoms with Crippen LogP contribution in [0.2, 0.25) is 0 Å². The van der Waals surface area contributed by atoms with E-state index in [4.69, 9.17) is 0 Å². The van der Waals surface area contributed by atoms with Crippen molar-refractivity contribution in [2.45, 2.75) is 30.3 Å². The average molecular weight is 690 g/mol. The Morgan fingerprint density at radius 3 is 2.04 bits per heavy atom. The average Bonchev–Trinajstić information content (AvgIpc) is 3.97. The summed E-state index contributed by atoms with van der Waals surface area (Å²) < 4.78 is 10.3. The molecule has 1 atom stereocenters. The van der Waals surface area contributed by atoms with Crippen LogP contribution in [0.4, 0.5) is 17.1 Å². The quantitative estimate of drug-likeness (QED) is 0.146. The number of para-hydroxylation sites is 2. The minimum Gasteiger partial charge on any atom is -0.308 e. The van der Waals surface area contributed by atoms with Crippen molar-refractivity contribution in [1.82, 2.24) is 9.25 Å². The zero-order valence-electron chi connectivity index (χ0n) is 29.7. The molecule has 0 amide bonds. The summed E-state index contributed by atoms with van der Waals surface area (Å²) in [5, 5.41) is 2.61. The first-order valence-corrected chi connectivity index (χ1v) is 19.1. The van der Waals surface area contributed by atoms with Crippen molar-refractivity contribution >= 4 is 38.9 Å². The molecule has 0 saturated carbocycles. The molecule has 0 bridgehead atoms. The van der Waals surface area contributed by atoms with Gasteiger partial charge < -0.3 is 4.90 Å². The monoisotopic (exact) mass is 689 g/mol. The number of pyridine rings is 1. The molecule has 1 unspecified atom stereocenters. The van der Waals surface area contributed by atoms with E-state index in [1.165, 1.54) is 106 Å². The second-order valence-corrected chi connectivity index (χ2v) is 16.5. The summed E-state index contributed by atoms with van der Waals surface area (Å²) >= 11 is 0. The van der Waals surface area contributed by atoms with Gasteiger partial charge in [0, 0.05) is 27.8 Å². The summed E-state index contributed by atoms with van der Waals surface area (Å²) in [6.07, 6.45) is 6.93. The Hall–Kier alpha value is -6.72. The standard InChI is InChI=1S/C49H31N5/c1-47(2)34-17-7-8-20-38(34)53-40-23-21-31-30-14-9-18-36-43(30)54-44(31)42(40)49(41-39(24-22-35(47)45(41)53)51-26-11-27-52(49)51)50-25-10-19-37(46(50)54)48(36)32-15-5-3-12-28(32)29-13-4-6-16-33(29)48/h3-27H,1-2H3/q+2. The Bertz CT molecular complexity index is 3290. The number of anilines is 3. The van der Waals surface area contributed by atoms with E-state index in [1.54, 1.807) is 0 Å². The fraction of sp³-hybridized carbons (Fsp3) is 0.102. The lowest BCUT2D eigenvalue weighted by Gasteiger charge is -2.47. The van der Waals surface area contributed by atoms with Crippen LogP contribution in [-0.4, -0.2) is 9.25 Å². The normalized spacial score (nSPS) is 19.3. The first kappa shape index (κ1) is 27.0. The van der Waals surface area contributed by atoms with E-state index in [0.717, 1.165) is 0 Å². The van der Waals surface area contributed by atoms with Crippen molar-refractivity contribution in [2.75, 3.05) is 4.90 Å². The largest absolute Gasteiger partial charge is 0.394 e. The summed E-state index contributed by atoms with van der Waals surface area (Å²) in [6.45, 7) is 4.82. The number of benzene rings is 6. The van der Waals surface area contributed by atoms with Gasteiger partial charge in [0.25, 0.3) is 5.82 Å². The highest BCUT2D eigenvalue weighted by molar-refractivity contribution is 6.16. The molecule has 0 radical (unpaired) electrons. The summed E-state index contributed by atoms with van der Waals surface area (Å²) in [4.78, 5) is 2.61. The maximum Gasteiger partial charge on any atom is 0.394 e. The second-order valence-electron chi connectivity index (χ2n) is 16.5. The molecule has 6 aliphatic rings. The van der Waals surface area contributed by atoms with E-state index in [-0.39, 0.29) is 5.41 Å².